The normalized spacial score (nSPS) is 28.8. The van der Waals surface area contributed by atoms with E-state index in [2.05, 4.69) is 22.8 Å². The lowest BCUT2D eigenvalue weighted by Gasteiger charge is -2.33. The molecule has 3 aliphatic heterocycles. The third-order valence-corrected chi connectivity index (χ3v) is 7.23. The number of carbonyl (C=O) groups excluding carboxylic acids is 3. The average Bonchev–Trinajstić information content (AvgIpc) is 3.41. The molecule has 2 N–H and O–H groups in total. The van der Waals surface area contributed by atoms with E-state index in [1.54, 1.807) is 4.90 Å². The second-order valence-electron chi connectivity index (χ2n) is 9.33. The van der Waals surface area contributed by atoms with Crippen LogP contribution in [-0.2, 0) is 32.0 Å². The molecule has 0 radical (unpaired) electrons. The fourth-order valence-corrected chi connectivity index (χ4v) is 5.55. The number of fused-ring (bicyclic) bond motifs is 1. The maximum atomic E-state index is 12.9. The molecule has 2 saturated heterocycles. The summed E-state index contributed by atoms with van der Waals surface area (Å²) in [5, 5.41) is 6.03. The summed E-state index contributed by atoms with van der Waals surface area (Å²) in [7, 11) is 0. The molecule has 0 spiro atoms. The summed E-state index contributed by atoms with van der Waals surface area (Å²) in [4.78, 5) is 38.2. The van der Waals surface area contributed by atoms with Gasteiger partial charge in [-0.25, -0.2) is 0 Å². The first-order chi connectivity index (χ1) is 15.6. The van der Waals surface area contributed by atoms with Gasteiger partial charge in [-0.3, -0.25) is 19.7 Å². The summed E-state index contributed by atoms with van der Waals surface area (Å²) in [5.74, 6) is -0.213. The molecule has 4 aliphatic rings. The number of nitrogens with one attached hydrogen (secondary N) is 2. The van der Waals surface area contributed by atoms with Crippen molar-refractivity contribution in [2.45, 2.75) is 69.9 Å². The summed E-state index contributed by atoms with van der Waals surface area (Å²) < 4.78 is 11.1. The van der Waals surface area contributed by atoms with Crippen molar-refractivity contribution in [2.24, 2.45) is 5.92 Å². The number of benzene rings is 1. The smallest absolute Gasteiger partial charge is 0.255 e. The van der Waals surface area contributed by atoms with Crippen molar-refractivity contribution in [3.63, 3.8) is 0 Å². The molecule has 3 heterocycles. The molecule has 1 aromatic rings. The second kappa shape index (κ2) is 9.29. The highest BCUT2D eigenvalue weighted by atomic mass is 16.7. The van der Waals surface area contributed by atoms with Crippen LogP contribution in [0, 0.1) is 5.92 Å². The molecular formula is C24H31N3O5. The summed E-state index contributed by atoms with van der Waals surface area (Å²) in [6.45, 7) is 2.49. The zero-order chi connectivity index (χ0) is 22.1. The molecule has 1 saturated carbocycles. The number of hydrogen-bond acceptors (Lipinski definition) is 6. The summed E-state index contributed by atoms with van der Waals surface area (Å²) in [6.07, 6.45) is 6.31. The van der Waals surface area contributed by atoms with Crippen LogP contribution in [0.5, 0.6) is 0 Å². The van der Waals surface area contributed by atoms with Crippen molar-refractivity contribution < 1.29 is 23.9 Å². The van der Waals surface area contributed by atoms with Crippen molar-refractivity contribution in [3.05, 3.63) is 34.9 Å². The Labute approximate surface area is 188 Å². The van der Waals surface area contributed by atoms with Gasteiger partial charge >= 0.3 is 0 Å². The SMILES string of the molecule is O=C1CCC(N2Cc3cc(C[C@H]4CCCC[C@@H]4NCC4OCCO4)ccc3C2=O)C(=O)N1. The van der Waals surface area contributed by atoms with E-state index in [9.17, 15) is 14.4 Å². The van der Waals surface area contributed by atoms with Gasteiger partial charge in [0, 0.05) is 31.1 Å². The molecule has 3 atom stereocenters. The molecule has 0 bridgehead atoms. The molecule has 8 nitrogen and oxygen atoms in total. The number of ether oxygens (including phenoxy) is 2. The Kier molecular flexibility index (Phi) is 6.26. The highest BCUT2D eigenvalue weighted by Gasteiger charge is 2.39. The molecule has 1 unspecified atom stereocenters. The first-order valence-electron chi connectivity index (χ1n) is 11.8. The number of hydrogen-bond donors (Lipinski definition) is 2. The van der Waals surface area contributed by atoms with Crippen LogP contribution in [0.1, 0.15) is 60.0 Å². The fraction of sp³-hybridized carbons (Fsp3) is 0.625. The van der Waals surface area contributed by atoms with Crippen LogP contribution in [0.4, 0.5) is 0 Å². The molecule has 172 valence electrons. The maximum Gasteiger partial charge on any atom is 0.255 e. The third kappa shape index (κ3) is 4.44. The Bertz CT molecular complexity index is 898. The van der Waals surface area contributed by atoms with Crippen molar-refractivity contribution >= 4 is 17.7 Å². The lowest BCUT2D eigenvalue weighted by molar-refractivity contribution is -0.136. The topological polar surface area (TPSA) is 97.0 Å². The van der Waals surface area contributed by atoms with Crippen LogP contribution in [-0.4, -0.2) is 60.8 Å². The standard InChI is InChI=1S/C24H31N3O5/c28-21-8-7-20(23(29)26-21)27-14-17-12-15(5-6-18(17)24(27)30)11-16-3-1-2-4-19(16)25-13-22-31-9-10-32-22/h5-6,12,16,19-20,22,25H,1-4,7-11,13-14H2,(H,26,28,29)/t16-,19+,20?/m1/s1. The maximum absolute atomic E-state index is 12.9. The average molecular weight is 442 g/mol. The van der Waals surface area contributed by atoms with Crippen LogP contribution in [0.15, 0.2) is 18.2 Å². The van der Waals surface area contributed by atoms with E-state index >= 15 is 0 Å². The molecule has 32 heavy (non-hydrogen) atoms. The molecule has 5 rings (SSSR count). The van der Waals surface area contributed by atoms with Crippen molar-refractivity contribution in [1.82, 2.24) is 15.5 Å². The van der Waals surface area contributed by atoms with Crippen LogP contribution >= 0.6 is 0 Å². The Morgan fingerprint density at radius 3 is 2.69 bits per heavy atom. The number of rotatable bonds is 6. The summed E-state index contributed by atoms with van der Waals surface area (Å²) in [5.41, 5.74) is 2.88. The van der Waals surface area contributed by atoms with Gasteiger partial charge in [-0.05, 0) is 48.8 Å². The monoisotopic (exact) mass is 441 g/mol. The van der Waals surface area contributed by atoms with Crippen LogP contribution in [0.2, 0.25) is 0 Å². The van der Waals surface area contributed by atoms with Gasteiger partial charge in [-0.15, -0.1) is 0 Å². The van der Waals surface area contributed by atoms with Gasteiger partial charge in [0.2, 0.25) is 11.8 Å². The summed E-state index contributed by atoms with van der Waals surface area (Å²) >= 11 is 0. The Morgan fingerprint density at radius 2 is 1.88 bits per heavy atom. The van der Waals surface area contributed by atoms with Crippen molar-refractivity contribution in [1.29, 1.82) is 0 Å². The predicted molar refractivity (Wildman–Crippen MR) is 116 cm³/mol. The zero-order valence-corrected chi connectivity index (χ0v) is 18.3. The number of imide groups is 1. The molecule has 3 amide bonds. The lowest BCUT2D eigenvalue weighted by Crippen LogP contribution is -2.52. The van der Waals surface area contributed by atoms with Crippen LogP contribution in [0.3, 0.4) is 0 Å². The van der Waals surface area contributed by atoms with Crippen LogP contribution < -0.4 is 10.6 Å². The van der Waals surface area contributed by atoms with Crippen molar-refractivity contribution in [3.8, 4) is 0 Å². The van der Waals surface area contributed by atoms with E-state index in [1.165, 1.54) is 24.8 Å². The van der Waals surface area contributed by atoms with Gasteiger partial charge in [0.05, 0.1) is 13.2 Å². The Balaban J connectivity index is 1.24. The molecule has 8 heteroatoms. The molecule has 1 aliphatic carbocycles. The largest absolute Gasteiger partial charge is 0.349 e. The Hall–Kier alpha value is -2.29. The number of nitrogens with zero attached hydrogens (tertiary/aromatic N) is 1. The first-order valence-corrected chi connectivity index (χ1v) is 11.8. The number of amides is 3. The van der Waals surface area contributed by atoms with E-state index < -0.39 is 6.04 Å². The molecular weight excluding hydrogens is 410 g/mol. The van der Waals surface area contributed by atoms with Gasteiger partial charge in [0.25, 0.3) is 5.91 Å². The minimum atomic E-state index is -0.567. The number of piperidine rings is 1. The van der Waals surface area contributed by atoms with Gasteiger partial charge in [-0.1, -0.05) is 25.0 Å². The molecule has 0 aromatic heterocycles. The van der Waals surface area contributed by atoms with E-state index in [1.807, 2.05) is 6.07 Å². The van der Waals surface area contributed by atoms with Gasteiger partial charge in [-0.2, -0.15) is 0 Å². The summed E-state index contributed by atoms with van der Waals surface area (Å²) in [6, 6.07) is 5.96. The second-order valence-corrected chi connectivity index (χ2v) is 9.33. The van der Waals surface area contributed by atoms with E-state index in [4.69, 9.17) is 9.47 Å². The van der Waals surface area contributed by atoms with Crippen LogP contribution in [0.25, 0.3) is 0 Å². The number of carbonyl (C=O) groups is 3. The lowest BCUT2D eigenvalue weighted by atomic mass is 9.80. The van der Waals surface area contributed by atoms with Gasteiger partial charge in [0.15, 0.2) is 6.29 Å². The van der Waals surface area contributed by atoms with Crippen molar-refractivity contribution in [2.75, 3.05) is 19.8 Å². The minimum Gasteiger partial charge on any atom is -0.349 e. The highest BCUT2D eigenvalue weighted by Crippen LogP contribution is 2.31. The first kappa shape index (κ1) is 21.6. The van der Waals surface area contributed by atoms with Gasteiger partial charge in [0.1, 0.15) is 6.04 Å². The molecule has 1 aromatic carbocycles. The minimum absolute atomic E-state index is 0.116. The predicted octanol–water partition coefficient (Wildman–Crippen LogP) is 1.51. The fourth-order valence-electron chi connectivity index (χ4n) is 5.55. The van der Waals surface area contributed by atoms with Gasteiger partial charge < -0.3 is 19.7 Å². The zero-order valence-electron chi connectivity index (χ0n) is 18.3. The molecule has 3 fully saturated rings. The van der Waals surface area contributed by atoms with E-state index in [-0.39, 0.29) is 30.4 Å². The van der Waals surface area contributed by atoms with E-state index in [0.717, 1.165) is 24.9 Å². The third-order valence-electron chi connectivity index (χ3n) is 7.23. The van der Waals surface area contributed by atoms with E-state index in [0.29, 0.717) is 43.7 Å². The quantitative estimate of drug-likeness (QED) is 0.650. The Morgan fingerprint density at radius 1 is 1.06 bits per heavy atom. The highest BCUT2D eigenvalue weighted by molar-refractivity contribution is 6.05.